The Bertz CT molecular complexity index is 5060. The van der Waals surface area contributed by atoms with Crippen molar-refractivity contribution in [1.82, 2.24) is 70.8 Å². The van der Waals surface area contributed by atoms with Gasteiger partial charge in [0, 0.05) is 187 Å². The Balaban J connectivity index is 0.000000202. The molecule has 4 aliphatic heterocycles. The van der Waals surface area contributed by atoms with E-state index in [2.05, 4.69) is 172 Å². The van der Waals surface area contributed by atoms with Crippen LogP contribution in [0.4, 0.5) is 16.2 Å². The molecule has 24 nitrogen and oxygen atoms in total. The first-order chi connectivity index (χ1) is 55.8. The first-order valence-electron chi connectivity index (χ1n) is 41.1. The minimum atomic E-state index is -0.520. The number of benzene rings is 6. The Morgan fingerprint density at radius 2 is 0.878 bits per heavy atom. The van der Waals surface area contributed by atoms with Crippen LogP contribution in [0.1, 0.15) is 174 Å². The highest BCUT2D eigenvalue weighted by Crippen LogP contribution is 2.35. The van der Waals surface area contributed by atoms with E-state index in [9.17, 15) is 24.0 Å². The third kappa shape index (κ3) is 21.2. The van der Waals surface area contributed by atoms with E-state index in [4.69, 9.17) is 24.2 Å². The summed E-state index contributed by atoms with van der Waals surface area (Å²) >= 11 is 0. The van der Waals surface area contributed by atoms with Crippen LogP contribution in [0.25, 0.3) is 44.3 Å². The van der Waals surface area contributed by atoms with E-state index in [1.54, 1.807) is 48.5 Å². The predicted octanol–water partition coefficient (Wildman–Crippen LogP) is 13.5. The van der Waals surface area contributed by atoms with Crippen LogP contribution < -0.4 is 37.2 Å². The molecule has 7 N–H and O–H groups in total. The van der Waals surface area contributed by atoms with Crippen LogP contribution in [0.2, 0.25) is 0 Å². The number of fused-ring (bicyclic) bond motifs is 2. The third-order valence-corrected chi connectivity index (χ3v) is 21.9. The highest BCUT2D eigenvalue weighted by atomic mass is 16.6. The van der Waals surface area contributed by atoms with E-state index >= 15 is 0 Å². The van der Waals surface area contributed by atoms with Gasteiger partial charge in [0.15, 0.2) is 11.3 Å². The predicted molar refractivity (Wildman–Crippen MR) is 452 cm³/mol. The van der Waals surface area contributed by atoms with Crippen LogP contribution in [-0.4, -0.2) is 169 Å². The summed E-state index contributed by atoms with van der Waals surface area (Å²) in [5.41, 5.74) is 17.3. The number of rotatable bonds is 26. The van der Waals surface area contributed by atoms with Gasteiger partial charge in [-0.05, 0) is 192 Å². The van der Waals surface area contributed by atoms with E-state index in [0.717, 1.165) is 161 Å². The van der Waals surface area contributed by atoms with Crippen LogP contribution >= 0.6 is 0 Å². The Hall–Kier alpha value is -10.9. The molecule has 115 heavy (non-hydrogen) atoms. The molecule has 0 aliphatic carbocycles. The van der Waals surface area contributed by atoms with Crippen molar-refractivity contribution in [3.8, 4) is 22.3 Å². The number of aromatic nitrogens is 6. The number of pyridine rings is 2. The Morgan fingerprint density at radius 3 is 1.27 bits per heavy atom. The van der Waals surface area contributed by atoms with Crippen molar-refractivity contribution in [1.29, 1.82) is 0 Å². The number of nitrogens with one attached hydrogen (secondary N) is 7. The standard InChI is InChI=1S/C48H60N8O5.C43H52N8O3/c1-7-42-40(43(52-39-18-22-60-23-19-39)41-29-51-56(8-2)44(41)53-42)28-50-46(58)38-17-11-16-37(26-38)45(57)49-27-33-12-9-14-35(24-33)36-15-10-13-34(25-36)31-54-20-21-55(32(3)30-54)47(59)61-48(4,5)6;1-4-39-37(40(48-36-15-19-54-20-16-36)38-26-47-51(5-2)41(38)49-39)25-46-43(53)35-14-8-13-34(23-35)42(52)45-24-30-9-6-11-32(21-30)33-12-7-10-31(22-33)28-50-18-17-44-29(3)27-50/h9-17,24-26,29,32,39H,7-8,18-23,27-28,30-31H2,1-6H3,(H,49,57)(H,50,58)(H,52,53);6-14,21-23,26,29,36,44H,4-5,15-20,24-25,27-28H2,1-3H3,(H,45,52)(H,46,53)(H,48,49)/t32-;29-/m00/s1. The molecule has 2 atom stereocenters. The maximum Gasteiger partial charge on any atom is 0.410 e. The molecule has 604 valence electrons. The molecule has 6 aromatic carbocycles. The van der Waals surface area contributed by atoms with Gasteiger partial charge in [-0.2, -0.15) is 10.2 Å². The van der Waals surface area contributed by atoms with Gasteiger partial charge in [0.2, 0.25) is 0 Å². The molecule has 5 amide bonds. The van der Waals surface area contributed by atoms with E-state index in [-0.39, 0.29) is 54.4 Å². The topological polar surface area (TPSA) is 268 Å². The maximum atomic E-state index is 13.7. The summed E-state index contributed by atoms with van der Waals surface area (Å²) < 4.78 is 20.7. The second-order valence-corrected chi connectivity index (χ2v) is 31.5. The Morgan fingerprint density at radius 1 is 0.487 bits per heavy atom. The molecule has 4 fully saturated rings. The Labute approximate surface area is 675 Å². The van der Waals surface area contributed by atoms with Gasteiger partial charge in [0.25, 0.3) is 23.6 Å². The van der Waals surface area contributed by atoms with E-state index in [0.29, 0.717) is 107 Å². The summed E-state index contributed by atoms with van der Waals surface area (Å²) in [6, 6.07) is 48.5. The number of hydrogen-bond acceptors (Lipinski definition) is 17. The highest BCUT2D eigenvalue weighted by molar-refractivity contribution is 6.01. The van der Waals surface area contributed by atoms with Gasteiger partial charge < -0.3 is 56.3 Å². The van der Waals surface area contributed by atoms with E-state index < -0.39 is 5.60 Å². The molecule has 0 saturated carbocycles. The van der Waals surface area contributed by atoms with Crippen LogP contribution in [0.5, 0.6) is 0 Å². The third-order valence-electron chi connectivity index (χ3n) is 21.9. The van der Waals surface area contributed by atoms with Gasteiger partial charge >= 0.3 is 6.09 Å². The Kier molecular flexibility index (Phi) is 27.5. The quantitative estimate of drug-likeness (QED) is 0.0266. The fraction of sp³-hybridized carbons (Fsp3) is 0.418. The molecule has 4 aliphatic rings. The molecule has 10 aromatic rings. The van der Waals surface area contributed by atoms with E-state index in [1.165, 1.54) is 11.1 Å². The SMILES string of the molecule is CCc1nc2c(cnn2CC)c(NC2CCOCC2)c1CNC(=O)c1cccc(C(=O)NCc2cccc(-c3cccc(CN4CCN(C(=O)OC(C)(C)C)[C@@H](C)C4)c3)c2)c1.CCc1nc2c(cnn2CC)c(NC2CCOCC2)c1CNC(=O)c1cccc(C(=O)NCc2cccc(-c3cccc(CN4CCN[C@@H](C)C4)c3)c2)c1. The molecular weight excluding hydrogens is 1450 g/mol. The molecule has 0 unspecified atom stereocenters. The minimum absolute atomic E-state index is 0.0488. The fourth-order valence-electron chi connectivity index (χ4n) is 15.8. The van der Waals surface area contributed by atoms with Crippen molar-refractivity contribution in [2.45, 2.75) is 183 Å². The molecule has 0 bridgehead atoms. The van der Waals surface area contributed by atoms with Crippen molar-refractivity contribution in [3.63, 3.8) is 0 Å². The zero-order valence-electron chi connectivity index (χ0n) is 68.1. The summed E-state index contributed by atoms with van der Waals surface area (Å²) in [5, 5.41) is 34.5. The second kappa shape index (κ2) is 38.5. The highest BCUT2D eigenvalue weighted by Gasteiger charge is 2.32. The van der Waals surface area contributed by atoms with Crippen LogP contribution in [0, 0.1) is 0 Å². The van der Waals surface area contributed by atoms with Crippen LogP contribution in [0.15, 0.2) is 158 Å². The number of carbonyl (C=O) groups excluding carboxylic acids is 5. The summed E-state index contributed by atoms with van der Waals surface area (Å²) in [7, 11) is 0. The summed E-state index contributed by atoms with van der Waals surface area (Å²) in [6.07, 6.45) is 8.47. The summed E-state index contributed by atoms with van der Waals surface area (Å²) in [6.45, 7) is 30.8. The van der Waals surface area contributed by atoms with E-state index in [1.807, 2.05) is 71.7 Å². The lowest BCUT2D eigenvalue weighted by atomic mass is 10.0. The molecule has 8 heterocycles. The van der Waals surface area contributed by atoms with Crippen molar-refractivity contribution in [3.05, 3.63) is 225 Å². The monoisotopic (exact) mass is 1560 g/mol. The second-order valence-electron chi connectivity index (χ2n) is 31.5. The number of ether oxygens (including phenoxy) is 3. The van der Waals surface area contributed by atoms with Gasteiger partial charge in [-0.15, -0.1) is 0 Å². The van der Waals surface area contributed by atoms with Crippen molar-refractivity contribution < 1.29 is 38.2 Å². The number of amides is 5. The molecule has 24 heteroatoms. The molecule has 0 radical (unpaired) electrons. The molecule has 4 aromatic heterocycles. The smallest absolute Gasteiger partial charge is 0.410 e. The number of carbonyl (C=O) groups is 5. The number of anilines is 2. The largest absolute Gasteiger partial charge is 0.444 e. The molecule has 0 spiro atoms. The van der Waals surface area contributed by atoms with Gasteiger partial charge in [-0.3, -0.25) is 29.0 Å². The zero-order chi connectivity index (χ0) is 80.5. The number of aryl methyl sites for hydroxylation is 4. The number of piperazine rings is 2. The van der Waals surface area contributed by atoms with Gasteiger partial charge in [-0.1, -0.05) is 98.8 Å². The number of hydrogen-bond donors (Lipinski definition) is 7. The zero-order valence-corrected chi connectivity index (χ0v) is 68.1. The maximum absolute atomic E-state index is 13.7. The summed E-state index contributed by atoms with van der Waals surface area (Å²) in [5.74, 6) is -1.03. The van der Waals surface area contributed by atoms with Crippen molar-refractivity contribution in [2.24, 2.45) is 0 Å². The fourth-order valence-corrected chi connectivity index (χ4v) is 15.8. The molecular formula is C91H112N16O8. The van der Waals surface area contributed by atoms with Gasteiger partial charge in [0.05, 0.1) is 34.5 Å². The lowest BCUT2D eigenvalue weighted by Gasteiger charge is -2.40. The van der Waals surface area contributed by atoms with Crippen LogP contribution in [0.3, 0.4) is 0 Å². The summed E-state index contributed by atoms with van der Waals surface area (Å²) in [4.78, 5) is 83.5. The lowest BCUT2D eigenvalue weighted by molar-refractivity contribution is 0.000513. The van der Waals surface area contributed by atoms with Crippen LogP contribution in [-0.2, 0) is 79.4 Å². The average molecular weight is 1560 g/mol. The van der Waals surface area contributed by atoms with Crippen molar-refractivity contribution in [2.75, 3.05) is 76.3 Å². The molecule has 14 rings (SSSR count). The first kappa shape index (κ1) is 82.1. The van der Waals surface area contributed by atoms with Gasteiger partial charge in [0.1, 0.15) is 5.60 Å². The molecule has 4 saturated heterocycles. The minimum Gasteiger partial charge on any atom is -0.444 e. The average Bonchev–Trinajstić information content (AvgIpc) is 1.66. The van der Waals surface area contributed by atoms with Gasteiger partial charge in [-0.25, -0.2) is 24.1 Å². The first-order valence-corrected chi connectivity index (χ1v) is 41.1. The van der Waals surface area contributed by atoms with Crippen molar-refractivity contribution >= 4 is 63.2 Å². The lowest BCUT2D eigenvalue weighted by Crippen LogP contribution is -2.54. The number of nitrogens with zero attached hydrogens (tertiary/aromatic N) is 9. The normalized spacial score (nSPS) is 16.5.